The molecular weight excluding hydrogens is 220 g/mol. The zero-order valence-corrected chi connectivity index (χ0v) is 12.0. The Morgan fingerprint density at radius 3 is 2.94 bits per heavy atom. The van der Waals surface area contributed by atoms with Gasteiger partial charge in [-0.3, -0.25) is 4.90 Å². The number of benzene rings is 1. The van der Waals surface area contributed by atoms with Crippen LogP contribution in [0, 0.1) is 13.8 Å². The molecule has 1 heterocycles. The lowest BCUT2D eigenvalue weighted by Crippen LogP contribution is -2.37. The van der Waals surface area contributed by atoms with E-state index in [4.69, 9.17) is 0 Å². The van der Waals surface area contributed by atoms with Crippen molar-refractivity contribution in [2.24, 2.45) is 0 Å². The number of hydrogen-bond acceptors (Lipinski definition) is 2. The fraction of sp³-hybridized carbons (Fsp3) is 0.625. The topological polar surface area (TPSA) is 15.3 Å². The standard InChI is InChI=1S/C16H26N2/c1-4-17-11-16-6-5-9-18(16)12-15-10-13(2)7-8-14(15)3/h7-8,10,16-17H,4-6,9,11-12H2,1-3H3. The predicted octanol–water partition coefficient (Wildman–Crippen LogP) is 2.88. The molecule has 1 aromatic rings. The molecule has 2 nitrogen and oxygen atoms in total. The van der Waals surface area contributed by atoms with E-state index in [0.29, 0.717) is 0 Å². The molecule has 0 amide bonds. The lowest BCUT2D eigenvalue weighted by atomic mass is 10.0. The summed E-state index contributed by atoms with van der Waals surface area (Å²) < 4.78 is 0. The second-order valence-corrected chi connectivity index (χ2v) is 5.50. The van der Waals surface area contributed by atoms with Crippen LogP contribution in [0.2, 0.25) is 0 Å². The first-order valence-electron chi connectivity index (χ1n) is 7.21. The number of nitrogens with zero attached hydrogens (tertiary/aromatic N) is 1. The summed E-state index contributed by atoms with van der Waals surface area (Å²) in [5.74, 6) is 0. The molecule has 1 aromatic carbocycles. The van der Waals surface area contributed by atoms with Crippen LogP contribution in [-0.2, 0) is 6.54 Å². The van der Waals surface area contributed by atoms with E-state index >= 15 is 0 Å². The highest BCUT2D eigenvalue weighted by Gasteiger charge is 2.24. The van der Waals surface area contributed by atoms with Crippen LogP contribution < -0.4 is 5.32 Å². The Morgan fingerprint density at radius 2 is 2.17 bits per heavy atom. The Bertz CT molecular complexity index is 387. The van der Waals surface area contributed by atoms with Gasteiger partial charge in [0.15, 0.2) is 0 Å². The second-order valence-electron chi connectivity index (χ2n) is 5.50. The minimum atomic E-state index is 0.727. The summed E-state index contributed by atoms with van der Waals surface area (Å²) in [4.78, 5) is 2.64. The van der Waals surface area contributed by atoms with Gasteiger partial charge in [-0.05, 0) is 50.9 Å². The smallest absolute Gasteiger partial charge is 0.0239 e. The molecule has 0 aromatic heterocycles. The molecule has 0 saturated carbocycles. The molecule has 0 radical (unpaired) electrons. The molecule has 1 atom stereocenters. The van der Waals surface area contributed by atoms with Gasteiger partial charge in [0.25, 0.3) is 0 Å². The van der Waals surface area contributed by atoms with Crippen LogP contribution in [0.1, 0.15) is 36.5 Å². The third-order valence-electron chi connectivity index (χ3n) is 4.01. The van der Waals surface area contributed by atoms with Gasteiger partial charge in [0, 0.05) is 19.1 Å². The van der Waals surface area contributed by atoms with Crippen LogP contribution in [0.4, 0.5) is 0 Å². The number of likely N-dealkylation sites (N-methyl/N-ethyl adjacent to an activating group) is 1. The summed E-state index contributed by atoms with van der Waals surface area (Å²) in [6.45, 7) is 11.2. The van der Waals surface area contributed by atoms with Crippen LogP contribution in [-0.4, -0.2) is 30.6 Å². The number of likely N-dealkylation sites (tertiary alicyclic amines) is 1. The Labute approximate surface area is 111 Å². The normalized spacial score (nSPS) is 20.5. The number of hydrogen-bond donors (Lipinski definition) is 1. The van der Waals surface area contributed by atoms with Crippen molar-refractivity contribution < 1.29 is 0 Å². The molecule has 0 bridgehead atoms. The highest BCUT2D eigenvalue weighted by molar-refractivity contribution is 5.30. The van der Waals surface area contributed by atoms with E-state index in [1.807, 2.05) is 0 Å². The van der Waals surface area contributed by atoms with Crippen molar-refractivity contribution in [2.75, 3.05) is 19.6 Å². The van der Waals surface area contributed by atoms with Crippen LogP contribution in [0.15, 0.2) is 18.2 Å². The van der Waals surface area contributed by atoms with E-state index < -0.39 is 0 Å². The van der Waals surface area contributed by atoms with Crippen molar-refractivity contribution in [3.05, 3.63) is 34.9 Å². The van der Waals surface area contributed by atoms with Gasteiger partial charge >= 0.3 is 0 Å². The molecule has 1 unspecified atom stereocenters. The van der Waals surface area contributed by atoms with Gasteiger partial charge in [0.1, 0.15) is 0 Å². The largest absolute Gasteiger partial charge is 0.315 e. The van der Waals surface area contributed by atoms with Gasteiger partial charge in [0.05, 0.1) is 0 Å². The predicted molar refractivity (Wildman–Crippen MR) is 77.9 cm³/mol. The number of nitrogens with one attached hydrogen (secondary N) is 1. The molecule has 2 heteroatoms. The van der Waals surface area contributed by atoms with Gasteiger partial charge < -0.3 is 5.32 Å². The molecule has 0 spiro atoms. The summed E-state index contributed by atoms with van der Waals surface area (Å²) in [5, 5.41) is 3.49. The number of aryl methyl sites for hydroxylation is 2. The zero-order chi connectivity index (χ0) is 13.0. The van der Waals surface area contributed by atoms with E-state index in [2.05, 4.69) is 49.2 Å². The van der Waals surface area contributed by atoms with E-state index in [1.54, 1.807) is 0 Å². The molecular formula is C16H26N2. The van der Waals surface area contributed by atoms with Crippen LogP contribution >= 0.6 is 0 Å². The first-order valence-corrected chi connectivity index (χ1v) is 7.21. The lowest BCUT2D eigenvalue weighted by Gasteiger charge is -2.25. The molecule has 100 valence electrons. The maximum absolute atomic E-state index is 3.49. The van der Waals surface area contributed by atoms with Crippen LogP contribution in [0.3, 0.4) is 0 Å². The Hall–Kier alpha value is -0.860. The van der Waals surface area contributed by atoms with Gasteiger partial charge in [-0.25, -0.2) is 0 Å². The SMILES string of the molecule is CCNCC1CCCN1Cc1cc(C)ccc1C. The Balaban J connectivity index is 2.01. The first kappa shape index (κ1) is 13.6. The molecule has 1 aliphatic heterocycles. The van der Waals surface area contributed by atoms with E-state index in [9.17, 15) is 0 Å². The summed E-state index contributed by atoms with van der Waals surface area (Å²) in [7, 11) is 0. The molecule has 1 N–H and O–H groups in total. The van der Waals surface area contributed by atoms with Crippen molar-refractivity contribution in [3.63, 3.8) is 0 Å². The van der Waals surface area contributed by atoms with E-state index in [0.717, 1.165) is 25.7 Å². The molecule has 1 saturated heterocycles. The summed E-state index contributed by atoms with van der Waals surface area (Å²) >= 11 is 0. The quantitative estimate of drug-likeness (QED) is 0.859. The average Bonchev–Trinajstić information content (AvgIpc) is 2.79. The lowest BCUT2D eigenvalue weighted by molar-refractivity contribution is 0.240. The molecule has 0 aliphatic carbocycles. The molecule has 1 aliphatic rings. The Kier molecular flexibility index (Phi) is 4.79. The third-order valence-corrected chi connectivity index (χ3v) is 4.01. The zero-order valence-electron chi connectivity index (χ0n) is 12.0. The van der Waals surface area contributed by atoms with Crippen LogP contribution in [0.5, 0.6) is 0 Å². The highest BCUT2D eigenvalue weighted by Crippen LogP contribution is 2.21. The van der Waals surface area contributed by atoms with Gasteiger partial charge in [-0.15, -0.1) is 0 Å². The third kappa shape index (κ3) is 3.33. The molecule has 2 rings (SSSR count). The van der Waals surface area contributed by atoms with Gasteiger partial charge in [0.2, 0.25) is 0 Å². The van der Waals surface area contributed by atoms with Crippen molar-refractivity contribution in [2.45, 2.75) is 46.2 Å². The highest BCUT2D eigenvalue weighted by atomic mass is 15.2. The second kappa shape index (κ2) is 6.35. The minimum absolute atomic E-state index is 0.727. The van der Waals surface area contributed by atoms with E-state index in [1.165, 1.54) is 36.1 Å². The van der Waals surface area contributed by atoms with Crippen molar-refractivity contribution in [1.82, 2.24) is 10.2 Å². The fourth-order valence-electron chi connectivity index (χ4n) is 2.83. The maximum atomic E-state index is 3.49. The average molecular weight is 246 g/mol. The first-order chi connectivity index (χ1) is 8.70. The Morgan fingerprint density at radius 1 is 1.33 bits per heavy atom. The monoisotopic (exact) mass is 246 g/mol. The maximum Gasteiger partial charge on any atom is 0.0239 e. The van der Waals surface area contributed by atoms with Crippen molar-refractivity contribution in [3.8, 4) is 0 Å². The summed E-state index contributed by atoms with van der Waals surface area (Å²) in [6, 6.07) is 7.53. The molecule has 1 fully saturated rings. The van der Waals surface area contributed by atoms with Crippen molar-refractivity contribution >= 4 is 0 Å². The fourth-order valence-corrected chi connectivity index (χ4v) is 2.83. The van der Waals surface area contributed by atoms with Gasteiger partial charge in [-0.1, -0.05) is 30.7 Å². The summed E-state index contributed by atoms with van der Waals surface area (Å²) in [5.41, 5.74) is 4.30. The minimum Gasteiger partial charge on any atom is -0.315 e. The number of rotatable bonds is 5. The van der Waals surface area contributed by atoms with Gasteiger partial charge in [-0.2, -0.15) is 0 Å². The summed E-state index contributed by atoms with van der Waals surface area (Å²) in [6.07, 6.45) is 2.69. The van der Waals surface area contributed by atoms with Crippen LogP contribution in [0.25, 0.3) is 0 Å². The molecule has 18 heavy (non-hydrogen) atoms. The van der Waals surface area contributed by atoms with Crippen molar-refractivity contribution in [1.29, 1.82) is 0 Å². The van der Waals surface area contributed by atoms with E-state index in [-0.39, 0.29) is 0 Å².